The molecule has 0 heterocycles. The first kappa shape index (κ1) is 16.2. The van der Waals surface area contributed by atoms with Gasteiger partial charge < -0.3 is 5.32 Å². The largest absolute Gasteiger partial charge is 0.314 e. The van der Waals surface area contributed by atoms with E-state index in [9.17, 15) is 18.5 Å². The van der Waals surface area contributed by atoms with Crippen molar-refractivity contribution in [1.29, 1.82) is 0 Å². The molecule has 0 aliphatic heterocycles. The Morgan fingerprint density at radius 1 is 1.33 bits per heavy atom. The van der Waals surface area contributed by atoms with Crippen molar-refractivity contribution in [3.8, 4) is 0 Å². The monoisotopic (exact) mass is 333 g/mol. The van der Waals surface area contributed by atoms with Crippen LogP contribution in [0, 0.1) is 10.1 Å². The van der Waals surface area contributed by atoms with Crippen molar-refractivity contribution in [2.24, 2.45) is 0 Å². The summed E-state index contributed by atoms with van der Waals surface area (Å²) in [5, 5.41) is 13.7. The van der Waals surface area contributed by atoms with Gasteiger partial charge in [-0.2, -0.15) is 0 Å². The average Bonchev–Trinajstić information content (AvgIpc) is 3.21. The van der Waals surface area contributed by atoms with E-state index in [-0.39, 0.29) is 22.2 Å². The van der Waals surface area contributed by atoms with Crippen LogP contribution in [0.3, 0.4) is 0 Å². The van der Waals surface area contributed by atoms with Crippen molar-refractivity contribution in [3.63, 3.8) is 0 Å². The zero-order valence-electron chi connectivity index (χ0n) is 11.2. The van der Waals surface area contributed by atoms with E-state index in [2.05, 4.69) is 10.0 Å². The highest BCUT2D eigenvalue weighted by molar-refractivity contribution is 7.89. The van der Waals surface area contributed by atoms with E-state index < -0.39 is 14.9 Å². The van der Waals surface area contributed by atoms with Crippen molar-refractivity contribution in [2.45, 2.75) is 30.2 Å². The number of non-ortho nitro benzene ring substituents is 1. The van der Waals surface area contributed by atoms with E-state index in [1.165, 1.54) is 12.8 Å². The third-order valence-electron chi connectivity index (χ3n) is 3.07. The molecule has 1 fully saturated rings. The van der Waals surface area contributed by atoms with Crippen LogP contribution in [0.5, 0.6) is 0 Å². The molecule has 0 saturated heterocycles. The van der Waals surface area contributed by atoms with Crippen LogP contribution in [-0.2, 0) is 10.0 Å². The van der Waals surface area contributed by atoms with Gasteiger partial charge in [0.2, 0.25) is 10.0 Å². The zero-order chi connectivity index (χ0) is 15.5. The molecule has 116 valence electrons. The van der Waals surface area contributed by atoms with Crippen LogP contribution in [0.15, 0.2) is 23.1 Å². The third kappa shape index (κ3) is 4.63. The van der Waals surface area contributed by atoms with Gasteiger partial charge in [-0.25, -0.2) is 13.1 Å². The van der Waals surface area contributed by atoms with Crippen LogP contribution in [0.2, 0.25) is 5.02 Å². The van der Waals surface area contributed by atoms with Crippen molar-refractivity contribution < 1.29 is 13.3 Å². The summed E-state index contributed by atoms with van der Waals surface area (Å²) < 4.78 is 26.6. The standard InChI is InChI=1S/C12H16ClN3O4S/c13-11-8-10(16(17)18)4-5-12(11)21(19,20)15-7-1-6-14-9-2-3-9/h4-5,8-9,14-15H,1-3,6-7H2. The van der Waals surface area contributed by atoms with Gasteiger partial charge in [0.15, 0.2) is 0 Å². The molecular formula is C12H16ClN3O4S. The number of nitro groups is 1. The first-order chi connectivity index (χ1) is 9.90. The molecular weight excluding hydrogens is 318 g/mol. The fourth-order valence-electron chi connectivity index (χ4n) is 1.79. The summed E-state index contributed by atoms with van der Waals surface area (Å²) in [5.41, 5.74) is -0.243. The topological polar surface area (TPSA) is 101 Å². The van der Waals surface area contributed by atoms with Gasteiger partial charge in [0.05, 0.1) is 9.95 Å². The Morgan fingerprint density at radius 2 is 2.05 bits per heavy atom. The molecule has 9 heteroatoms. The van der Waals surface area contributed by atoms with Crippen LogP contribution in [0.1, 0.15) is 19.3 Å². The molecule has 2 rings (SSSR count). The van der Waals surface area contributed by atoms with Crippen LogP contribution >= 0.6 is 11.6 Å². The van der Waals surface area contributed by atoms with E-state index >= 15 is 0 Å². The third-order valence-corrected chi connectivity index (χ3v) is 5.02. The molecule has 1 aliphatic carbocycles. The Kier molecular flexibility index (Phi) is 5.15. The molecule has 1 aliphatic rings. The van der Waals surface area contributed by atoms with E-state index in [0.717, 1.165) is 24.7 Å². The minimum Gasteiger partial charge on any atom is -0.314 e. The second-order valence-electron chi connectivity index (χ2n) is 4.85. The molecule has 0 amide bonds. The number of rotatable bonds is 8. The molecule has 0 aromatic heterocycles. The van der Waals surface area contributed by atoms with Gasteiger partial charge in [-0.15, -0.1) is 0 Å². The number of benzene rings is 1. The molecule has 1 aromatic rings. The number of nitrogens with zero attached hydrogens (tertiary/aromatic N) is 1. The van der Waals surface area contributed by atoms with Crippen molar-refractivity contribution in [3.05, 3.63) is 33.3 Å². The SMILES string of the molecule is O=[N+]([O-])c1ccc(S(=O)(=O)NCCCNC2CC2)c(Cl)c1. The molecule has 0 spiro atoms. The molecule has 21 heavy (non-hydrogen) atoms. The highest BCUT2D eigenvalue weighted by Gasteiger charge is 2.21. The first-order valence-electron chi connectivity index (χ1n) is 6.57. The second-order valence-corrected chi connectivity index (χ2v) is 6.99. The van der Waals surface area contributed by atoms with Gasteiger partial charge in [0.25, 0.3) is 5.69 Å². The lowest BCUT2D eigenvalue weighted by molar-refractivity contribution is -0.384. The van der Waals surface area contributed by atoms with Crippen molar-refractivity contribution >= 4 is 27.3 Å². The number of hydrogen-bond acceptors (Lipinski definition) is 5. The second kappa shape index (κ2) is 6.69. The summed E-state index contributed by atoms with van der Waals surface area (Å²) in [6.45, 7) is 1.04. The van der Waals surface area contributed by atoms with Crippen LogP contribution < -0.4 is 10.0 Å². The molecule has 0 radical (unpaired) electrons. The van der Waals surface area contributed by atoms with Gasteiger partial charge in [0.1, 0.15) is 4.90 Å². The predicted octanol–water partition coefficient (Wildman–Crippen LogP) is 1.67. The maximum absolute atomic E-state index is 12.1. The average molecular weight is 334 g/mol. The highest BCUT2D eigenvalue weighted by atomic mass is 35.5. The van der Waals surface area contributed by atoms with Crippen LogP contribution in [0.25, 0.3) is 0 Å². The summed E-state index contributed by atoms with van der Waals surface area (Å²) in [5.74, 6) is 0. The van der Waals surface area contributed by atoms with Gasteiger partial charge in [0, 0.05) is 24.7 Å². The zero-order valence-corrected chi connectivity index (χ0v) is 12.8. The fourth-order valence-corrected chi connectivity index (χ4v) is 3.40. The Bertz CT molecular complexity index is 631. The van der Waals surface area contributed by atoms with Gasteiger partial charge >= 0.3 is 0 Å². The minimum absolute atomic E-state index is 0.148. The summed E-state index contributed by atoms with van der Waals surface area (Å²) in [6, 6.07) is 3.89. The van der Waals surface area contributed by atoms with Crippen LogP contribution in [-0.4, -0.2) is 32.5 Å². The Balaban J connectivity index is 1.92. The number of halogens is 1. The molecule has 1 saturated carbocycles. The lowest BCUT2D eigenvalue weighted by atomic mass is 10.3. The van der Waals surface area contributed by atoms with E-state index in [4.69, 9.17) is 11.6 Å². The first-order valence-corrected chi connectivity index (χ1v) is 8.43. The number of hydrogen-bond donors (Lipinski definition) is 2. The quantitative estimate of drug-likeness (QED) is 0.428. The molecule has 0 unspecified atom stereocenters. The normalized spacial score (nSPS) is 15.1. The number of nitrogens with one attached hydrogen (secondary N) is 2. The molecule has 0 atom stereocenters. The lowest BCUT2D eigenvalue weighted by Crippen LogP contribution is -2.28. The summed E-state index contributed by atoms with van der Waals surface area (Å²) in [4.78, 5) is 9.82. The van der Waals surface area contributed by atoms with E-state index in [1.807, 2.05) is 0 Å². The van der Waals surface area contributed by atoms with Crippen LogP contribution in [0.4, 0.5) is 5.69 Å². The number of sulfonamides is 1. The molecule has 2 N–H and O–H groups in total. The Labute approximate surface area is 127 Å². The maximum atomic E-state index is 12.1. The predicted molar refractivity (Wildman–Crippen MR) is 78.9 cm³/mol. The van der Waals surface area contributed by atoms with Gasteiger partial charge in [-0.05, 0) is 31.9 Å². The fraction of sp³-hybridized carbons (Fsp3) is 0.500. The van der Waals surface area contributed by atoms with Gasteiger partial charge in [-0.1, -0.05) is 11.6 Å². The molecule has 0 bridgehead atoms. The highest BCUT2D eigenvalue weighted by Crippen LogP contribution is 2.25. The van der Waals surface area contributed by atoms with Crippen molar-refractivity contribution in [2.75, 3.05) is 13.1 Å². The maximum Gasteiger partial charge on any atom is 0.271 e. The Hall–Kier alpha value is -1.22. The van der Waals surface area contributed by atoms with Crippen molar-refractivity contribution in [1.82, 2.24) is 10.0 Å². The summed E-state index contributed by atoms with van der Waals surface area (Å²) in [7, 11) is -3.75. The Morgan fingerprint density at radius 3 is 2.62 bits per heavy atom. The summed E-state index contributed by atoms with van der Waals surface area (Å²) in [6.07, 6.45) is 3.04. The number of nitro benzene ring substituents is 1. The minimum atomic E-state index is -3.75. The van der Waals surface area contributed by atoms with E-state index in [0.29, 0.717) is 12.5 Å². The smallest absolute Gasteiger partial charge is 0.271 e. The molecule has 1 aromatic carbocycles. The lowest BCUT2D eigenvalue weighted by Gasteiger charge is -2.08. The summed E-state index contributed by atoms with van der Waals surface area (Å²) >= 11 is 5.81. The van der Waals surface area contributed by atoms with Gasteiger partial charge in [-0.3, -0.25) is 10.1 Å². The molecule has 7 nitrogen and oxygen atoms in total. The van der Waals surface area contributed by atoms with E-state index in [1.54, 1.807) is 0 Å².